The molecule has 0 aliphatic heterocycles. The van der Waals surface area contributed by atoms with E-state index in [1.807, 2.05) is 13.0 Å². The first-order valence-corrected chi connectivity index (χ1v) is 10.2. The van der Waals surface area contributed by atoms with Crippen LogP contribution in [0.2, 0.25) is 0 Å². The summed E-state index contributed by atoms with van der Waals surface area (Å²) in [4.78, 5) is 26.1. The molecule has 0 aliphatic rings. The molecule has 0 saturated heterocycles. The molecule has 32 heavy (non-hydrogen) atoms. The van der Waals surface area contributed by atoms with Gasteiger partial charge in [0.2, 0.25) is 0 Å². The third-order valence-corrected chi connectivity index (χ3v) is 4.76. The van der Waals surface area contributed by atoms with Crippen LogP contribution in [0.5, 0.6) is 17.2 Å². The first kappa shape index (κ1) is 22.7. The highest BCUT2D eigenvalue weighted by molar-refractivity contribution is 5.99. The second kappa shape index (κ2) is 10.9. The number of nitrogens with one attached hydrogen (secondary N) is 2. The van der Waals surface area contributed by atoms with E-state index in [1.54, 1.807) is 66.7 Å². The van der Waals surface area contributed by atoms with Gasteiger partial charge in [0.15, 0.2) is 0 Å². The summed E-state index contributed by atoms with van der Waals surface area (Å²) in [6.45, 7) is 2.38. The average molecular weight is 434 g/mol. The van der Waals surface area contributed by atoms with Crippen molar-refractivity contribution in [1.82, 2.24) is 10.6 Å². The van der Waals surface area contributed by atoms with E-state index in [0.29, 0.717) is 40.5 Å². The fourth-order valence-corrected chi connectivity index (χ4v) is 3.24. The minimum absolute atomic E-state index is 0.354. The lowest BCUT2D eigenvalue weighted by atomic mass is 10.1. The van der Waals surface area contributed by atoms with Gasteiger partial charge in [-0.2, -0.15) is 0 Å². The third-order valence-electron chi connectivity index (χ3n) is 4.76. The largest absolute Gasteiger partial charge is 0.496 e. The molecule has 0 saturated carbocycles. The van der Waals surface area contributed by atoms with Crippen LogP contribution in [0.1, 0.15) is 39.4 Å². The van der Waals surface area contributed by atoms with Crippen molar-refractivity contribution >= 4 is 11.8 Å². The van der Waals surface area contributed by atoms with Crippen molar-refractivity contribution in [3.63, 3.8) is 0 Å². The molecule has 166 valence electrons. The molecule has 0 heterocycles. The number of benzene rings is 3. The molecule has 0 radical (unpaired) electrons. The Morgan fingerprint density at radius 1 is 0.781 bits per heavy atom. The van der Waals surface area contributed by atoms with E-state index in [1.165, 1.54) is 14.2 Å². The van der Waals surface area contributed by atoms with E-state index in [9.17, 15) is 9.59 Å². The van der Waals surface area contributed by atoms with Gasteiger partial charge in [-0.15, -0.1) is 0 Å². The highest BCUT2D eigenvalue weighted by Gasteiger charge is 2.22. The molecule has 7 heteroatoms. The second-order valence-corrected chi connectivity index (χ2v) is 6.79. The minimum Gasteiger partial charge on any atom is -0.496 e. The average Bonchev–Trinajstić information content (AvgIpc) is 2.83. The first-order chi connectivity index (χ1) is 15.6. The number of carbonyl (C=O) groups excluding carboxylic acids is 2. The van der Waals surface area contributed by atoms with E-state index in [2.05, 4.69) is 10.6 Å². The number of amides is 2. The van der Waals surface area contributed by atoms with Crippen molar-refractivity contribution in [2.24, 2.45) is 0 Å². The van der Waals surface area contributed by atoms with E-state index in [-0.39, 0.29) is 0 Å². The molecule has 0 spiro atoms. The number of rotatable bonds is 9. The molecule has 0 bridgehead atoms. The monoisotopic (exact) mass is 434 g/mol. The van der Waals surface area contributed by atoms with Crippen LogP contribution in [0.15, 0.2) is 72.8 Å². The molecule has 0 atom stereocenters. The fraction of sp³-hybridized carbons (Fsp3) is 0.200. The summed E-state index contributed by atoms with van der Waals surface area (Å²) in [7, 11) is 3.00. The fourth-order valence-electron chi connectivity index (χ4n) is 3.24. The van der Waals surface area contributed by atoms with Gasteiger partial charge in [0, 0.05) is 0 Å². The van der Waals surface area contributed by atoms with Gasteiger partial charge in [-0.3, -0.25) is 9.59 Å². The summed E-state index contributed by atoms with van der Waals surface area (Å²) >= 11 is 0. The summed E-state index contributed by atoms with van der Waals surface area (Å²) in [5, 5.41) is 5.77. The van der Waals surface area contributed by atoms with E-state index in [0.717, 1.165) is 0 Å². The normalized spacial score (nSPS) is 10.4. The Labute approximate surface area is 187 Å². The zero-order valence-corrected chi connectivity index (χ0v) is 18.3. The van der Waals surface area contributed by atoms with Crippen molar-refractivity contribution in [1.29, 1.82) is 0 Å². The van der Waals surface area contributed by atoms with Gasteiger partial charge in [0.05, 0.1) is 32.0 Å². The lowest BCUT2D eigenvalue weighted by molar-refractivity contribution is 0.0880. The predicted molar refractivity (Wildman–Crippen MR) is 121 cm³/mol. The topological polar surface area (TPSA) is 85.9 Å². The van der Waals surface area contributed by atoms with Gasteiger partial charge in [-0.1, -0.05) is 36.4 Å². The second-order valence-electron chi connectivity index (χ2n) is 6.79. The predicted octanol–water partition coefficient (Wildman–Crippen LogP) is 3.96. The number of methoxy groups -OCH3 is 2. The Balaban J connectivity index is 1.93. The third kappa shape index (κ3) is 5.37. The molecule has 0 aromatic heterocycles. The summed E-state index contributed by atoms with van der Waals surface area (Å²) < 4.78 is 16.2. The maximum atomic E-state index is 13.1. The van der Waals surface area contributed by atoms with Crippen LogP contribution < -0.4 is 24.8 Å². The Hall–Kier alpha value is -4.00. The Morgan fingerprint density at radius 3 is 1.81 bits per heavy atom. The Bertz CT molecular complexity index is 1020. The highest BCUT2D eigenvalue weighted by Crippen LogP contribution is 2.23. The summed E-state index contributed by atoms with van der Waals surface area (Å²) in [5.41, 5.74) is 1.36. The van der Waals surface area contributed by atoms with Gasteiger partial charge >= 0.3 is 0 Å². The first-order valence-electron chi connectivity index (χ1n) is 10.2. The molecule has 0 aliphatic carbocycles. The van der Waals surface area contributed by atoms with Crippen molar-refractivity contribution in [3.8, 4) is 17.2 Å². The zero-order chi connectivity index (χ0) is 22.9. The number of carbonyl (C=O) groups is 2. The van der Waals surface area contributed by atoms with Crippen LogP contribution >= 0.6 is 0 Å². The van der Waals surface area contributed by atoms with E-state index < -0.39 is 18.0 Å². The van der Waals surface area contributed by atoms with Crippen molar-refractivity contribution in [2.75, 3.05) is 20.8 Å². The van der Waals surface area contributed by atoms with Crippen molar-refractivity contribution in [2.45, 2.75) is 13.1 Å². The van der Waals surface area contributed by atoms with Crippen LogP contribution in [0.3, 0.4) is 0 Å². The lowest BCUT2D eigenvalue weighted by Gasteiger charge is -2.22. The van der Waals surface area contributed by atoms with Gasteiger partial charge in [0.1, 0.15) is 23.4 Å². The summed E-state index contributed by atoms with van der Waals surface area (Å²) in [6, 6.07) is 21.0. The minimum atomic E-state index is -0.828. The quantitative estimate of drug-likeness (QED) is 0.498. The van der Waals surface area contributed by atoms with Crippen molar-refractivity contribution in [3.05, 3.63) is 89.5 Å². The standard InChI is InChI=1S/C25H26N2O5/c1-4-32-18-11-9-10-17(16-18)23(26-24(28)19-12-5-7-14-21(19)30-2)27-25(29)20-13-6-8-15-22(20)31-3/h5-16,23H,4H2,1-3H3,(H,26,28)(H,27,29). The molecular weight excluding hydrogens is 408 g/mol. The molecule has 3 rings (SSSR count). The Morgan fingerprint density at radius 2 is 1.31 bits per heavy atom. The molecule has 2 amide bonds. The van der Waals surface area contributed by atoms with Crippen LogP contribution in [0, 0.1) is 0 Å². The van der Waals surface area contributed by atoms with Crippen LogP contribution in [-0.2, 0) is 0 Å². The number of ether oxygens (including phenoxy) is 3. The van der Waals surface area contributed by atoms with Gasteiger partial charge < -0.3 is 24.8 Å². The van der Waals surface area contributed by atoms with E-state index >= 15 is 0 Å². The van der Waals surface area contributed by atoms with Crippen LogP contribution in [-0.4, -0.2) is 32.6 Å². The highest BCUT2D eigenvalue weighted by atomic mass is 16.5. The number of para-hydroxylation sites is 2. The van der Waals surface area contributed by atoms with Gasteiger partial charge in [0.25, 0.3) is 11.8 Å². The van der Waals surface area contributed by atoms with Crippen LogP contribution in [0.4, 0.5) is 0 Å². The maximum Gasteiger partial charge on any atom is 0.256 e. The lowest BCUT2D eigenvalue weighted by Crippen LogP contribution is -2.41. The van der Waals surface area contributed by atoms with E-state index in [4.69, 9.17) is 14.2 Å². The number of hydrogen-bond donors (Lipinski definition) is 2. The summed E-state index contributed by atoms with van der Waals surface area (Å²) in [6.07, 6.45) is -0.828. The summed E-state index contributed by atoms with van der Waals surface area (Å²) in [5.74, 6) is 0.711. The number of hydrogen-bond acceptors (Lipinski definition) is 5. The molecule has 0 fully saturated rings. The molecular formula is C25H26N2O5. The molecule has 2 N–H and O–H groups in total. The molecule has 0 unspecified atom stereocenters. The van der Waals surface area contributed by atoms with Crippen molar-refractivity contribution < 1.29 is 23.8 Å². The molecule has 3 aromatic carbocycles. The molecule has 3 aromatic rings. The van der Waals surface area contributed by atoms with Gasteiger partial charge in [-0.05, 0) is 48.9 Å². The van der Waals surface area contributed by atoms with Gasteiger partial charge in [-0.25, -0.2) is 0 Å². The smallest absolute Gasteiger partial charge is 0.256 e. The Kier molecular flexibility index (Phi) is 7.70. The maximum absolute atomic E-state index is 13.1. The van der Waals surface area contributed by atoms with Crippen LogP contribution in [0.25, 0.3) is 0 Å². The SMILES string of the molecule is CCOc1cccc(C(NC(=O)c2ccccc2OC)NC(=O)c2ccccc2OC)c1. The molecule has 7 nitrogen and oxygen atoms in total. The zero-order valence-electron chi connectivity index (χ0n) is 18.3.